The number of nitro benzene ring substituents is 1. The van der Waals surface area contributed by atoms with E-state index in [4.69, 9.17) is 4.74 Å². The molecule has 0 saturated heterocycles. The monoisotopic (exact) mass is 206 g/mol. The molecule has 2 rings (SSSR count). The van der Waals surface area contributed by atoms with Gasteiger partial charge in [0.15, 0.2) is 0 Å². The average Bonchev–Trinajstić information content (AvgIpc) is 2.61. The fourth-order valence-corrected chi connectivity index (χ4v) is 1.55. The molecule has 0 spiro atoms. The van der Waals surface area contributed by atoms with Crippen molar-refractivity contribution in [2.24, 2.45) is 0 Å². The van der Waals surface area contributed by atoms with E-state index in [0.717, 1.165) is 16.5 Å². The van der Waals surface area contributed by atoms with Gasteiger partial charge in [-0.25, -0.2) is 0 Å². The maximum absolute atomic E-state index is 10.6. The minimum absolute atomic E-state index is 0.0967. The molecule has 0 aliphatic carbocycles. The van der Waals surface area contributed by atoms with E-state index in [9.17, 15) is 10.1 Å². The zero-order valence-corrected chi connectivity index (χ0v) is 8.19. The van der Waals surface area contributed by atoms with E-state index in [0.29, 0.717) is 6.61 Å². The Kier molecular flexibility index (Phi) is 2.39. The number of nitro groups is 1. The van der Waals surface area contributed by atoms with Gasteiger partial charge in [-0.2, -0.15) is 0 Å². The lowest BCUT2D eigenvalue weighted by atomic mass is 10.1. The molecule has 1 aromatic carbocycles. The Balaban J connectivity index is 2.56. The third-order valence-corrected chi connectivity index (χ3v) is 2.26. The molecular formula is C10H10N2O3. The van der Waals surface area contributed by atoms with Gasteiger partial charge in [0.25, 0.3) is 5.69 Å². The lowest BCUT2D eigenvalue weighted by Crippen LogP contribution is -1.88. The van der Waals surface area contributed by atoms with Crippen molar-refractivity contribution in [1.29, 1.82) is 0 Å². The van der Waals surface area contributed by atoms with E-state index < -0.39 is 4.92 Å². The number of H-pyrrole nitrogens is 1. The molecule has 0 atom stereocenters. The predicted octanol–water partition coefficient (Wildman–Crippen LogP) is 2.22. The number of hydrogen-bond donors (Lipinski definition) is 1. The first-order valence-electron chi connectivity index (χ1n) is 4.45. The SMILES string of the molecule is COCc1c[nH]c2ccc([N+](=O)[O-])cc12. The number of fused-ring (bicyclic) bond motifs is 1. The van der Waals surface area contributed by atoms with Crippen molar-refractivity contribution >= 4 is 16.6 Å². The molecule has 0 aliphatic rings. The predicted molar refractivity (Wildman–Crippen MR) is 55.7 cm³/mol. The number of methoxy groups -OCH3 is 1. The van der Waals surface area contributed by atoms with Gasteiger partial charge in [0, 0.05) is 41.9 Å². The van der Waals surface area contributed by atoms with Gasteiger partial charge in [0.05, 0.1) is 11.5 Å². The number of nitrogens with one attached hydrogen (secondary N) is 1. The topological polar surface area (TPSA) is 68.2 Å². The van der Waals surface area contributed by atoms with Gasteiger partial charge in [0.1, 0.15) is 0 Å². The van der Waals surface area contributed by atoms with Crippen molar-refractivity contribution in [3.05, 3.63) is 40.1 Å². The van der Waals surface area contributed by atoms with Crippen LogP contribution in [0.4, 0.5) is 5.69 Å². The molecule has 0 unspecified atom stereocenters. The number of aromatic nitrogens is 1. The van der Waals surface area contributed by atoms with E-state index in [-0.39, 0.29) is 5.69 Å². The first-order chi connectivity index (χ1) is 7.22. The van der Waals surface area contributed by atoms with Crippen molar-refractivity contribution in [3.63, 3.8) is 0 Å². The maximum Gasteiger partial charge on any atom is 0.270 e. The molecule has 0 aliphatic heterocycles. The lowest BCUT2D eigenvalue weighted by Gasteiger charge is -1.96. The summed E-state index contributed by atoms with van der Waals surface area (Å²) >= 11 is 0. The van der Waals surface area contributed by atoms with Crippen LogP contribution in [-0.4, -0.2) is 17.0 Å². The fraction of sp³-hybridized carbons (Fsp3) is 0.200. The zero-order chi connectivity index (χ0) is 10.8. The van der Waals surface area contributed by atoms with Crippen molar-refractivity contribution in [2.45, 2.75) is 6.61 Å². The number of ether oxygens (including phenoxy) is 1. The Morgan fingerprint density at radius 1 is 1.53 bits per heavy atom. The molecule has 0 amide bonds. The second-order valence-corrected chi connectivity index (χ2v) is 3.23. The maximum atomic E-state index is 10.6. The Hall–Kier alpha value is -1.88. The number of hydrogen-bond acceptors (Lipinski definition) is 3. The van der Waals surface area contributed by atoms with Gasteiger partial charge in [-0.1, -0.05) is 0 Å². The molecule has 78 valence electrons. The summed E-state index contributed by atoms with van der Waals surface area (Å²) in [4.78, 5) is 13.2. The summed E-state index contributed by atoms with van der Waals surface area (Å²) in [6.07, 6.45) is 1.80. The first kappa shape index (κ1) is 9.67. The second-order valence-electron chi connectivity index (χ2n) is 3.23. The van der Waals surface area contributed by atoms with Gasteiger partial charge in [-0.15, -0.1) is 0 Å². The Bertz CT molecular complexity index is 504. The summed E-state index contributed by atoms with van der Waals surface area (Å²) in [6, 6.07) is 4.74. The van der Waals surface area contributed by atoms with Gasteiger partial charge in [-0.3, -0.25) is 10.1 Å². The van der Waals surface area contributed by atoms with E-state index >= 15 is 0 Å². The van der Waals surface area contributed by atoms with Crippen LogP contribution in [0.15, 0.2) is 24.4 Å². The Labute approximate surface area is 85.8 Å². The smallest absolute Gasteiger partial charge is 0.270 e. The standard InChI is InChI=1S/C10H10N2O3/c1-15-6-7-5-11-10-3-2-8(12(13)14)4-9(7)10/h2-5,11H,6H2,1H3. The van der Waals surface area contributed by atoms with Crippen LogP contribution in [0.3, 0.4) is 0 Å². The van der Waals surface area contributed by atoms with Gasteiger partial charge >= 0.3 is 0 Å². The summed E-state index contributed by atoms with van der Waals surface area (Å²) in [6.45, 7) is 0.446. The third-order valence-electron chi connectivity index (χ3n) is 2.26. The van der Waals surface area contributed by atoms with Crippen molar-refractivity contribution in [1.82, 2.24) is 4.98 Å². The summed E-state index contributed by atoms with van der Waals surface area (Å²) in [7, 11) is 1.59. The molecule has 0 saturated carbocycles. The molecule has 15 heavy (non-hydrogen) atoms. The Morgan fingerprint density at radius 3 is 3.00 bits per heavy atom. The average molecular weight is 206 g/mol. The highest BCUT2D eigenvalue weighted by atomic mass is 16.6. The van der Waals surface area contributed by atoms with Crippen LogP contribution in [0.1, 0.15) is 5.56 Å². The van der Waals surface area contributed by atoms with Crippen LogP contribution in [0.2, 0.25) is 0 Å². The molecule has 0 radical (unpaired) electrons. The summed E-state index contributed by atoms with van der Waals surface area (Å²) in [5.41, 5.74) is 1.91. The number of rotatable bonds is 3. The largest absolute Gasteiger partial charge is 0.380 e. The fourth-order valence-electron chi connectivity index (χ4n) is 1.55. The van der Waals surface area contributed by atoms with E-state index in [1.165, 1.54) is 6.07 Å². The van der Waals surface area contributed by atoms with E-state index in [2.05, 4.69) is 4.98 Å². The summed E-state index contributed by atoms with van der Waals surface area (Å²) < 4.78 is 5.00. The number of nitrogens with zero attached hydrogens (tertiary/aromatic N) is 1. The van der Waals surface area contributed by atoms with E-state index in [1.807, 2.05) is 0 Å². The highest BCUT2D eigenvalue weighted by Crippen LogP contribution is 2.23. The molecular weight excluding hydrogens is 196 g/mol. The second kappa shape index (κ2) is 3.70. The number of aromatic amines is 1. The van der Waals surface area contributed by atoms with Crippen LogP contribution in [0.5, 0.6) is 0 Å². The number of benzene rings is 1. The minimum atomic E-state index is -0.400. The quantitative estimate of drug-likeness (QED) is 0.618. The van der Waals surface area contributed by atoms with Crippen molar-refractivity contribution in [3.8, 4) is 0 Å². The normalized spacial score (nSPS) is 10.7. The molecule has 0 fully saturated rings. The molecule has 1 aromatic heterocycles. The highest BCUT2D eigenvalue weighted by Gasteiger charge is 2.09. The van der Waals surface area contributed by atoms with E-state index in [1.54, 1.807) is 25.4 Å². The van der Waals surface area contributed by atoms with Gasteiger partial charge < -0.3 is 9.72 Å². The first-order valence-corrected chi connectivity index (χ1v) is 4.45. The molecule has 1 heterocycles. The zero-order valence-electron chi connectivity index (χ0n) is 8.19. The lowest BCUT2D eigenvalue weighted by molar-refractivity contribution is -0.384. The minimum Gasteiger partial charge on any atom is -0.380 e. The molecule has 5 nitrogen and oxygen atoms in total. The molecule has 0 bridgehead atoms. The van der Waals surface area contributed by atoms with Crippen LogP contribution in [0, 0.1) is 10.1 Å². The number of non-ortho nitro benzene ring substituents is 1. The van der Waals surface area contributed by atoms with Crippen LogP contribution >= 0.6 is 0 Å². The van der Waals surface area contributed by atoms with Gasteiger partial charge in [0.2, 0.25) is 0 Å². The third kappa shape index (κ3) is 1.69. The van der Waals surface area contributed by atoms with Gasteiger partial charge in [-0.05, 0) is 6.07 Å². The van der Waals surface area contributed by atoms with Crippen LogP contribution in [-0.2, 0) is 11.3 Å². The van der Waals surface area contributed by atoms with Crippen LogP contribution < -0.4 is 0 Å². The highest BCUT2D eigenvalue weighted by molar-refractivity contribution is 5.85. The summed E-state index contributed by atoms with van der Waals surface area (Å²) in [5, 5.41) is 11.4. The molecule has 1 N–H and O–H groups in total. The van der Waals surface area contributed by atoms with Crippen LogP contribution in [0.25, 0.3) is 10.9 Å². The van der Waals surface area contributed by atoms with Crippen molar-refractivity contribution in [2.75, 3.05) is 7.11 Å². The molecule has 5 heteroatoms. The molecule has 2 aromatic rings. The van der Waals surface area contributed by atoms with Crippen molar-refractivity contribution < 1.29 is 9.66 Å². The summed E-state index contributed by atoms with van der Waals surface area (Å²) in [5.74, 6) is 0. The Morgan fingerprint density at radius 2 is 2.33 bits per heavy atom.